The SMILES string of the molecule is O=C(O)c1ccc(NC2CCCCC2)nc1C(F)(F)F. The molecule has 0 saturated heterocycles. The highest BCUT2D eigenvalue weighted by Crippen LogP contribution is 2.32. The lowest BCUT2D eigenvalue weighted by molar-refractivity contribution is -0.141. The van der Waals surface area contributed by atoms with E-state index in [1.54, 1.807) is 0 Å². The van der Waals surface area contributed by atoms with Crippen LogP contribution in [-0.4, -0.2) is 22.1 Å². The van der Waals surface area contributed by atoms with Gasteiger partial charge in [-0.3, -0.25) is 0 Å². The molecule has 1 fully saturated rings. The van der Waals surface area contributed by atoms with Crippen LogP contribution in [0.4, 0.5) is 19.0 Å². The van der Waals surface area contributed by atoms with Gasteiger partial charge in [-0.15, -0.1) is 0 Å². The van der Waals surface area contributed by atoms with Crippen molar-refractivity contribution in [2.24, 2.45) is 0 Å². The highest BCUT2D eigenvalue weighted by atomic mass is 19.4. The van der Waals surface area contributed by atoms with Crippen molar-refractivity contribution < 1.29 is 23.1 Å². The predicted octanol–water partition coefficient (Wildman–Crippen LogP) is 3.54. The lowest BCUT2D eigenvalue weighted by atomic mass is 9.95. The number of nitrogens with zero attached hydrogens (tertiary/aromatic N) is 1. The summed E-state index contributed by atoms with van der Waals surface area (Å²) in [6, 6.07) is 2.34. The molecule has 110 valence electrons. The van der Waals surface area contributed by atoms with Gasteiger partial charge in [0.05, 0.1) is 5.56 Å². The Hall–Kier alpha value is -1.79. The molecule has 0 aromatic carbocycles. The van der Waals surface area contributed by atoms with E-state index >= 15 is 0 Å². The molecule has 0 aliphatic heterocycles. The van der Waals surface area contributed by atoms with Crippen molar-refractivity contribution >= 4 is 11.8 Å². The molecule has 1 saturated carbocycles. The Balaban J connectivity index is 2.25. The molecule has 1 aromatic rings. The van der Waals surface area contributed by atoms with Crippen LogP contribution in [0.25, 0.3) is 0 Å². The van der Waals surface area contributed by atoms with E-state index in [0.717, 1.165) is 38.2 Å². The lowest BCUT2D eigenvalue weighted by Crippen LogP contribution is -2.24. The van der Waals surface area contributed by atoms with E-state index in [-0.39, 0.29) is 11.9 Å². The van der Waals surface area contributed by atoms with Crippen molar-refractivity contribution in [3.05, 3.63) is 23.4 Å². The fraction of sp³-hybridized carbons (Fsp3) is 0.538. The first kappa shape index (κ1) is 14.6. The zero-order valence-corrected chi connectivity index (χ0v) is 10.7. The first-order chi connectivity index (χ1) is 9.38. The van der Waals surface area contributed by atoms with E-state index in [0.29, 0.717) is 0 Å². The van der Waals surface area contributed by atoms with Gasteiger partial charge in [-0.05, 0) is 25.0 Å². The van der Waals surface area contributed by atoms with Crippen LogP contribution in [0.1, 0.15) is 48.2 Å². The first-order valence-corrected chi connectivity index (χ1v) is 6.46. The van der Waals surface area contributed by atoms with Crippen LogP contribution in [0.2, 0.25) is 0 Å². The second-order valence-electron chi connectivity index (χ2n) is 4.87. The smallest absolute Gasteiger partial charge is 0.434 e. The molecule has 0 radical (unpaired) electrons. The van der Waals surface area contributed by atoms with Crippen LogP contribution in [0, 0.1) is 0 Å². The third-order valence-electron chi connectivity index (χ3n) is 3.35. The quantitative estimate of drug-likeness (QED) is 0.893. The van der Waals surface area contributed by atoms with Crippen molar-refractivity contribution in [3.63, 3.8) is 0 Å². The highest BCUT2D eigenvalue weighted by Gasteiger charge is 2.37. The van der Waals surface area contributed by atoms with Gasteiger partial charge in [0, 0.05) is 6.04 Å². The van der Waals surface area contributed by atoms with Gasteiger partial charge in [0.15, 0.2) is 5.69 Å². The predicted molar refractivity (Wildman–Crippen MR) is 66.7 cm³/mol. The number of carboxylic acids is 1. The molecule has 0 unspecified atom stereocenters. The van der Waals surface area contributed by atoms with Crippen molar-refractivity contribution in [3.8, 4) is 0 Å². The number of carboxylic acid groups (broad SMARTS) is 1. The Labute approximate surface area is 114 Å². The Bertz CT molecular complexity index is 497. The zero-order chi connectivity index (χ0) is 14.8. The number of nitrogens with one attached hydrogen (secondary N) is 1. The number of rotatable bonds is 3. The molecule has 1 heterocycles. The minimum atomic E-state index is -4.78. The minimum Gasteiger partial charge on any atom is -0.478 e. The van der Waals surface area contributed by atoms with Crippen molar-refractivity contribution in [1.29, 1.82) is 0 Å². The topological polar surface area (TPSA) is 62.2 Å². The Morgan fingerprint density at radius 1 is 1.25 bits per heavy atom. The van der Waals surface area contributed by atoms with Crippen molar-refractivity contribution in [1.82, 2.24) is 4.98 Å². The maximum Gasteiger partial charge on any atom is 0.434 e. The van der Waals surface area contributed by atoms with Crippen LogP contribution >= 0.6 is 0 Å². The second-order valence-corrected chi connectivity index (χ2v) is 4.87. The number of halogens is 3. The first-order valence-electron chi connectivity index (χ1n) is 6.46. The number of aromatic carboxylic acids is 1. The summed E-state index contributed by atoms with van der Waals surface area (Å²) in [5, 5.41) is 11.7. The third-order valence-corrected chi connectivity index (χ3v) is 3.35. The summed E-state index contributed by atoms with van der Waals surface area (Å²) in [7, 11) is 0. The van der Waals surface area contributed by atoms with Crippen LogP contribution in [0.5, 0.6) is 0 Å². The normalized spacial score (nSPS) is 16.9. The Kier molecular flexibility index (Phi) is 4.15. The Morgan fingerprint density at radius 2 is 1.90 bits per heavy atom. The molecule has 2 N–H and O–H groups in total. The summed E-state index contributed by atoms with van der Waals surface area (Å²) in [6.45, 7) is 0. The van der Waals surface area contributed by atoms with Crippen molar-refractivity contribution in [2.45, 2.75) is 44.3 Å². The molecule has 1 aromatic heterocycles. The van der Waals surface area contributed by atoms with Gasteiger partial charge >= 0.3 is 12.1 Å². The van der Waals surface area contributed by atoms with E-state index in [1.807, 2.05) is 0 Å². The van der Waals surface area contributed by atoms with Gasteiger partial charge in [0.1, 0.15) is 5.82 Å². The summed E-state index contributed by atoms with van der Waals surface area (Å²) < 4.78 is 38.4. The number of hydrogen-bond acceptors (Lipinski definition) is 3. The van der Waals surface area contributed by atoms with Crippen LogP contribution in [-0.2, 0) is 6.18 Å². The molecular weight excluding hydrogens is 273 g/mol. The highest BCUT2D eigenvalue weighted by molar-refractivity contribution is 5.89. The molecule has 0 atom stereocenters. The maximum absolute atomic E-state index is 12.8. The van der Waals surface area contributed by atoms with E-state index in [4.69, 9.17) is 5.11 Å². The summed E-state index contributed by atoms with van der Waals surface area (Å²) in [4.78, 5) is 14.3. The van der Waals surface area contributed by atoms with Crippen LogP contribution in [0.3, 0.4) is 0 Å². The standard InChI is InChI=1S/C13H15F3N2O2/c14-13(15,16)11-9(12(19)20)6-7-10(18-11)17-8-4-2-1-3-5-8/h6-8H,1-5H2,(H,17,18)(H,19,20). The number of pyridine rings is 1. The van der Waals surface area contributed by atoms with Gasteiger partial charge in [-0.1, -0.05) is 19.3 Å². The van der Waals surface area contributed by atoms with E-state index in [2.05, 4.69) is 10.3 Å². The van der Waals surface area contributed by atoms with Gasteiger partial charge in [0.25, 0.3) is 0 Å². The molecule has 0 spiro atoms. The molecular formula is C13H15F3N2O2. The summed E-state index contributed by atoms with van der Waals surface area (Å²) in [5.74, 6) is -1.55. The van der Waals surface area contributed by atoms with E-state index < -0.39 is 23.4 Å². The number of aromatic nitrogens is 1. The average molecular weight is 288 g/mol. The lowest BCUT2D eigenvalue weighted by Gasteiger charge is -2.23. The summed E-state index contributed by atoms with van der Waals surface area (Å²) >= 11 is 0. The number of hydrogen-bond donors (Lipinski definition) is 2. The fourth-order valence-electron chi connectivity index (χ4n) is 2.38. The number of carbonyl (C=O) groups is 1. The van der Waals surface area contributed by atoms with E-state index in [9.17, 15) is 18.0 Å². The van der Waals surface area contributed by atoms with Crippen LogP contribution < -0.4 is 5.32 Å². The summed E-state index contributed by atoms with van der Waals surface area (Å²) in [5.41, 5.74) is -2.18. The second kappa shape index (κ2) is 5.68. The van der Waals surface area contributed by atoms with Gasteiger partial charge in [-0.2, -0.15) is 13.2 Å². The van der Waals surface area contributed by atoms with Gasteiger partial charge in [-0.25, -0.2) is 9.78 Å². The molecule has 7 heteroatoms. The molecule has 0 amide bonds. The van der Waals surface area contributed by atoms with Crippen LogP contribution in [0.15, 0.2) is 12.1 Å². The molecule has 1 aliphatic rings. The zero-order valence-electron chi connectivity index (χ0n) is 10.7. The monoisotopic (exact) mass is 288 g/mol. The molecule has 1 aliphatic carbocycles. The minimum absolute atomic E-state index is 0.0780. The number of anilines is 1. The van der Waals surface area contributed by atoms with Crippen molar-refractivity contribution in [2.75, 3.05) is 5.32 Å². The van der Waals surface area contributed by atoms with Gasteiger partial charge in [0.2, 0.25) is 0 Å². The molecule has 2 rings (SSSR count). The molecule has 4 nitrogen and oxygen atoms in total. The average Bonchev–Trinajstić information content (AvgIpc) is 2.38. The Morgan fingerprint density at radius 3 is 2.45 bits per heavy atom. The fourth-order valence-corrected chi connectivity index (χ4v) is 2.38. The van der Waals surface area contributed by atoms with Gasteiger partial charge < -0.3 is 10.4 Å². The number of alkyl halides is 3. The maximum atomic E-state index is 12.8. The molecule has 20 heavy (non-hydrogen) atoms. The van der Waals surface area contributed by atoms with E-state index in [1.165, 1.54) is 6.07 Å². The molecule has 0 bridgehead atoms. The summed E-state index contributed by atoms with van der Waals surface area (Å²) in [6.07, 6.45) is 0.219. The third kappa shape index (κ3) is 3.40. The largest absolute Gasteiger partial charge is 0.478 e.